The second kappa shape index (κ2) is 4.45. The van der Waals surface area contributed by atoms with Crippen LogP contribution in [0.5, 0.6) is 0 Å². The van der Waals surface area contributed by atoms with Crippen molar-refractivity contribution >= 4 is 18.0 Å². The van der Waals surface area contributed by atoms with E-state index in [0.29, 0.717) is 12.2 Å². The predicted molar refractivity (Wildman–Crippen MR) is 51.3 cm³/mol. The first-order valence-electron chi connectivity index (χ1n) is 4.31. The van der Waals surface area contributed by atoms with Crippen LogP contribution in [-0.4, -0.2) is 22.2 Å². The lowest BCUT2D eigenvalue weighted by atomic mass is 10.2. The Morgan fingerprint density at radius 2 is 1.93 bits per heavy atom. The average molecular weight is 210 g/mol. The van der Waals surface area contributed by atoms with Gasteiger partial charge in [0.15, 0.2) is 0 Å². The van der Waals surface area contributed by atoms with Crippen LogP contribution in [0.2, 0.25) is 0 Å². The van der Waals surface area contributed by atoms with Crippen LogP contribution in [0.4, 0.5) is 0 Å². The van der Waals surface area contributed by atoms with Crippen molar-refractivity contribution < 1.29 is 24.2 Å². The van der Waals surface area contributed by atoms with Gasteiger partial charge in [-0.25, -0.2) is 9.59 Å². The van der Waals surface area contributed by atoms with Gasteiger partial charge in [-0.15, -0.1) is 0 Å². The molecule has 0 radical (unpaired) electrons. The molecular weight excluding hydrogens is 200 g/mol. The van der Waals surface area contributed by atoms with Crippen molar-refractivity contribution in [2.75, 3.05) is 0 Å². The lowest BCUT2D eigenvalue weighted by molar-refractivity contribution is -0.140. The lowest BCUT2D eigenvalue weighted by Crippen LogP contribution is -2.10. The summed E-state index contributed by atoms with van der Waals surface area (Å²) in [6.07, 6.45) is 1.66. The highest BCUT2D eigenvalue weighted by molar-refractivity contribution is 6.16. The van der Waals surface area contributed by atoms with Crippen molar-refractivity contribution in [3.8, 4) is 0 Å². The van der Waals surface area contributed by atoms with E-state index in [9.17, 15) is 9.59 Å². The van der Waals surface area contributed by atoms with Crippen LogP contribution in [-0.2, 0) is 16.0 Å². The van der Waals surface area contributed by atoms with Crippen LogP contribution in [0.1, 0.15) is 18.4 Å². The molecule has 1 aromatic heterocycles. The highest BCUT2D eigenvalue weighted by atomic mass is 16.4. The van der Waals surface area contributed by atoms with Gasteiger partial charge >= 0.3 is 11.9 Å². The third-order valence-electron chi connectivity index (χ3n) is 1.78. The van der Waals surface area contributed by atoms with Gasteiger partial charge in [0.2, 0.25) is 0 Å². The Hall–Kier alpha value is -2.04. The van der Waals surface area contributed by atoms with Crippen molar-refractivity contribution in [2.45, 2.75) is 13.3 Å². The van der Waals surface area contributed by atoms with Crippen molar-refractivity contribution in [3.05, 3.63) is 29.2 Å². The van der Waals surface area contributed by atoms with Gasteiger partial charge in [0.05, 0.1) is 0 Å². The van der Waals surface area contributed by atoms with E-state index in [-0.39, 0.29) is 5.76 Å². The molecule has 0 unspecified atom stereocenters. The quantitative estimate of drug-likeness (QED) is 0.445. The molecule has 1 rings (SSSR count). The Morgan fingerprint density at radius 3 is 2.33 bits per heavy atom. The van der Waals surface area contributed by atoms with E-state index in [2.05, 4.69) is 0 Å². The standard InChI is InChI=1S/C10H10O5/c1-2-6-3-4-7(15-6)5-8(9(11)12)10(13)14/h3-5H,2H2,1H3,(H,11,12)(H,13,14). The van der Waals surface area contributed by atoms with Gasteiger partial charge in [0.25, 0.3) is 0 Å². The third kappa shape index (κ3) is 2.70. The summed E-state index contributed by atoms with van der Waals surface area (Å²) in [5.41, 5.74) is -0.716. The summed E-state index contributed by atoms with van der Waals surface area (Å²) in [5, 5.41) is 17.2. The summed E-state index contributed by atoms with van der Waals surface area (Å²) in [7, 11) is 0. The molecule has 15 heavy (non-hydrogen) atoms. The SMILES string of the molecule is CCc1ccc(C=C(C(=O)O)C(=O)O)o1. The predicted octanol–water partition coefficient (Wildman–Crippen LogP) is 1.39. The van der Waals surface area contributed by atoms with Crippen LogP contribution < -0.4 is 0 Å². The first-order valence-corrected chi connectivity index (χ1v) is 4.31. The molecule has 1 aromatic rings. The summed E-state index contributed by atoms with van der Waals surface area (Å²) in [6, 6.07) is 3.21. The molecule has 1 heterocycles. The number of aryl methyl sites for hydroxylation is 1. The number of hydrogen-bond acceptors (Lipinski definition) is 3. The Balaban J connectivity index is 3.02. The number of rotatable bonds is 4. The van der Waals surface area contributed by atoms with Gasteiger partial charge < -0.3 is 14.6 Å². The molecular formula is C10H10O5. The van der Waals surface area contributed by atoms with Crippen LogP contribution in [0.25, 0.3) is 6.08 Å². The van der Waals surface area contributed by atoms with Crippen LogP contribution in [0, 0.1) is 0 Å². The zero-order valence-corrected chi connectivity index (χ0v) is 8.06. The summed E-state index contributed by atoms with van der Waals surface area (Å²) < 4.78 is 5.16. The molecule has 0 fully saturated rings. The highest BCUT2D eigenvalue weighted by Gasteiger charge is 2.16. The maximum atomic E-state index is 10.5. The minimum atomic E-state index is -1.49. The van der Waals surface area contributed by atoms with Crippen LogP contribution >= 0.6 is 0 Å². The summed E-state index contributed by atoms with van der Waals surface area (Å²) in [5.74, 6) is -2.07. The van der Waals surface area contributed by atoms with Gasteiger partial charge in [-0.2, -0.15) is 0 Å². The molecule has 0 spiro atoms. The largest absolute Gasteiger partial charge is 0.477 e. The number of furan rings is 1. The maximum Gasteiger partial charge on any atom is 0.343 e. The van der Waals surface area contributed by atoms with Gasteiger partial charge in [-0.05, 0) is 12.1 Å². The Labute approximate surface area is 85.6 Å². The summed E-state index contributed by atoms with van der Waals surface area (Å²) in [6.45, 7) is 1.88. The third-order valence-corrected chi connectivity index (χ3v) is 1.78. The zero-order valence-electron chi connectivity index (χ0n) is 8.06. The van der Waals surface area contributed by atoms with Crippen molar-refractivity contribution in [1.29, 1.82) is 0 Å². The second-order valence-corrected chi connectivity index (χ2v) is 2.83. The highest BCUT2D eigenvalue weighted by Crippen LogP contribution is 2.12. The van der Waals surface area contributed by atoms with E-state index < -0.39 is 17.5 Å². The van der Waals surface area contributed by atoms with Gasteiger partial charge in [-0.1, -0.05) is 6.92 Å². The van der Waals surface area contributed by atoms with E-state index in [4.69, 9.17) is 14.6 Å². The molecule has 0 aliphatic carbocycles. The topological polar surface area (TPSA) is 87.7 Å². The fraction of sp³-hybridized carbons (Fsp3) is 0.200. The van der Waals surface area contributed by atoms with E-state index in [1.54, 1.807) is 6.07 Å². The van der Waals surface area contributed by atoms with Gasteiger partial charge in [0.1, 0.15) is 17.1 Å². The first kappa shape index (κ1) is 11.0. The second-order valence-electron chi connectivity index (χ2n) is 2.83. The fourth-order valence-electron chi connectivity index (χ4n) is 1.02. The van der Waals surface area contributed by atoms with E-state index in [0.717, 1.165) is 6.08 Å². The van der Waals surface area contributed by atoms with Crippen molar-refractivity contribution in [1.82, 2.24) is 0 Å². The number of carboxylic acid groups (broad SMARTS) is 2. The van der Waals surface area contributed by atoms with Gasteiger partial charge in [0, 0.05) is 12.5 Å². The molecule has 0 saturated heterocycles. The molecule has 0 aromatic carbocycles. The summed E-state index contributed by atoms with van der Waals surface area (Å²) in [4.78, 5) is 21.1. The number of carbonyl (C=O) groups is 2. The van der Waals surface area contributed by atoms with E-state index in [1.807, 2.05) is 6.92 Å². The lowest BCUT2D eigenvalue weighted by Gasteiger charge is -1.93. The molecule has 5 heteroatoms. The molecule has 80 valence electrons. The molecule has 0 aliphatic heterocycles. The Kier molecular flexibility index (Phi) is 3.28. The Bertz CT molecular complexity index is 397. The molecule has 0 amide bonds. The van der Waals surface area contributed by atoms with E-state index >= 15 is 0 Å². The monoisotopic (exact) mass is 210 g/mol. The normalized spacial score (nSPS) is 9.67. The zero-order chi connectivity index (χ0) is 11.4. The van der Waals surface area contributed by atoms with Crippen molar-refractivity contribution in [2.24, 2.45) is 0 Å². The minimum Gasteiger partial charge on any atom is -0.477 e. The number of aliphatic carboxylic acids is 2. The van der Waals surface area contributed by atoms with Gasteiger partial charge in [-0.3, -0.25) is 0 Å². The smallest absolute Gasteiger partial charge is 0.343 e. The molecule has 0 saturated carbocycles. The molecule has 2 N–H and O–H groups in total. The molecule has 0 atom stereocenters. The number of hydrogen-bond donors (Lipinski definition) is 2. The van der Waals surface area contributed by atoms with E-state index in [1.165, 1.54) is 6.07 Å². The fourth-order valence-corrected chi connectivity index (χ4v) is 1.02. The van der Waals surface area contributed by atoms with Crippen LogP contribution in [0.3, 0.4) is 0 Å². The minimum absolute atomic E-state index is 0.228. The first-order chi connectivity index (χ1) is 7.04. The Morgan fingerprint density at radius 1 is 1.33 bits per heavy atom. The molecule has 5 nitrogen and oxygen atoms in total. The average Bonchev–Trinajstić information content (AvgIpc) is 2.60. The maximum absolute atomic E-state index is 10.5. The molecule has 0 bridgehead atoms. The summed E-state index contributed by atoms with van der Waals surface area (Å²) >= 11 is 0. The number of carboxylic acids is 2. The molecule has 0 aliphatic rings. The van der Waals surface area contributed by atoms with Crippen LogP contribution in [0.15, 0.2) is 22.1 Å². The van der Waals surface area contributed by atoms with Crippen molar-refractivity contribution in [3.63, 3.8) is 0 Å².